The zero-order valence-corrected chi connectivity index (χ0v) is 18.9. The van der Waals surface area contributed by atoms with Crippen LogP contribution in [-0.4, -0.2) is 52.0 Å². The molecule has 1 saturated heterocycles. The Hall–Kier alpha value is -2.42. The summed E-state index contributed by atoms with van der Waals surface area (Å²) in [5.74, 6) is 1.04. The van der Waals surface area contributed by atoms with E-state index in [-0.39, 0.29) is 10.8 Å². The summed E-state index contributed by atoms with van der Waals surface area (Å²) < 4.78 is 37.6. The van der Waals surface area contributed by atoms with Gasteiger partial charge in [0.25, 0.3) is 5.91 Å². The summed E-state index contributed by atoms with van der Waals surface area (Å²) in [6, 6.07) is 13.6. The smallest absolute Gasteiger partial charge is 0.251 e. The summed E-state index contributed by atoms with van der Waals surface area (Å²) in [4.78, 5) is 12.7. The van der Waals surface area contributed by atoms with Crippen molar-refractivity contribution in [1.82, 2.24) is 9.62 Å². The quantitative estimate of drug-likeness (QED) is 0.599. The molecular weight excluding hydrogens is 416 g/mol. The van der Waals surface area contributed by atoms with Crippen molar-refractivity contribution in [2.45, 2.75) is 31.2 Å². The van der Waals surface area contributed by atoms with Crippen LogP contribution in [0.4, 0.5) is 0 Å². The number of carbonyl (C=O) groups is 1. The summed E-state index contributed by atoms with van der Waals surface area (Å²) >= 11 is 0. The molecule has 31 heavy (non-hydrogen) atoms. The van der Waals surface area contributed by atoms with Crippen LogP contribution in [0.2, 0.25) is 0 Å². The zero-order valence-electron chi connectivity index (χ0n) is 18.0. The van der Waals surface area contributed by atoms with E-state index in [4.69, 9.17) is 9.47 Å². The molecule has 1 N–H and O–H groups in total. The maximum absolute atomic E-state index is 12.8. The van der Waals surface area contributed by atoms with Gasteiger partial charge in [0.15, 0.2) is 0 Å². The fourth-order valence-corrected chi connectivity index (χ4v) is 4.85. The molecule has 0 aromatic heterocycles. The van der Waals surface area contributed by atoms with Gasteiger partial charge in [-0.15, -0.1) is 0 Å². The molecule has 2 aromatic rings. The minimum Gasteiger partial charge on any atom is -0.491 e. The zero-order chi connectivity index (χ0) is 22.3. The summed E-state index contributed by atoms with van der Waals surface area (Å²) in [5.41, 5.74) is 1.36. The van der Waals surface area contributed by atoms with Crippen molar-refractivity contribution in [3.63, 3.8) is 0 Å². The van der Waals surface area contributed by atoms with E-state index in [1.807, 2.05) is 24.3 Å². The van der Waals surface area contributed by atoms with E-state index in [0.29, 0.717) is 44.3 Å². The number of piperidine rings is 1. The second-order valence-corrected chi connectivity index (χ2v) is 9.72. The number of hydrogen-bond donors (Lipinski definition) is 1. The lowest BCUT2D eigenvalue weighted by molar-refractivity contribution is 0.0951. The first-order valence-electron chi connectivity index (χ1n) is 10.5. The van der Waals surface area contributed by atoms with Gasteiger partial charge in [-0.25, -0.2) is 8.42 Å². The van der Waals surface area contributed by atoms with Crippen molar-refractivity contribution in [3.8, 4) is 5.75 Å². The second kappa shape index (κ2) is 10.7. The molecule has 0 bridgehead atoms. The number of rotatable bonds is 9. The van der Waals surface area contributed by atoms with Crippen LogP contribution in [0.3, 0.4) is 0 Å². The summed E-state index contributed by atoms with van der Waals surface area (Å²) in [6.07, 6.45) is 1.75. The van der Waals surface area contributed by atoms with Gasteiger partial charge in [0.05, 0.1) is 11.5 Å². The summed E-state index contributed by atoms with van der Waals surface area (Å²) in [6.45, 7) is 4.60. The molecule has 0 aliphatic carbocycles. The number of methoxy groups -OCH3 is 1. The minimum atomic E-state index is -3.51. The topological polar surface area (TPSA) is 84.9 Å². The molecule has 1 heterocycles. The first-order valence-corrected chi connectivity index (χ1v) is 11.9. The highest BCUT2D eigenvalue weighted by atomic mass is 32.2. The number of nitrogens with zero attached hydrogens (tertiary/aromatic N) is 1. The first kappa shape index (κ1) is 23.2. The average molecular weight is 447 g/mol. The van der Waals surface area contributed by atoms with Crippen molar-refractivity contribution in [2.24, 2.45) is 5.92 Å². The third kappa shape index (κ3) is 6.29. The third-order valence-electron chi connectivity index (χ3n) is 5.43. The average Bonchev–Trinajstić information content (AvgIpc) is 2.79. The van der Waals surface area contributed by atoms with E-state index in [1.165, 1.54) is 16.4 Å². The predicted molar refractivity (Wildman–Crippen MR) is 119 cm³/mol. The van der Waals surface area contributed by atoms with Gasteiger partial charge in [0.2, 0.25) is 10.0 Å². The first-order chi connectivity index (χ1) is 14.9. The lowest BCUT2D eigenvalue weighted by Gasteiger charge is -2.29. The van der Waals surface area contributed by atoms with Crippen LogP contribution in [0, 0.1) is 5.92 Å². The van der Waals surface area contributed by atoms with E-state index in [2.05, 4.69) is 12.2 Å². The number of carbonyl (C=O) groups excluding carboxylic acids is 1. The number of sulfonamides is 1. The van der Waals surface area contributed by atoms with E-state index in [1.54, 1.807) is 19.2 Å². The fraction of sp³-hybridized carbons (Fsp3) is 0.435. The van der Waals surface area contributed by atoms with Gasteiger partial charge in [-0.2, -0.15) is 4.31 Å². The van der Waals surface area contributed by atoms with Crippen LogP contribution in [0.5, 0.6) is 5.75 Å². The molecule has 0 saturated carbocycles. The molecule has 1 aliphatic rings. The predicted octanol–water partition coefficient (Wildman–Crippen LogP) is 3.06. The van der Waals surface area contributed by atoms with Crippen molar-refractivity contribution >= 4 is 15.9 Å². The fourth-order valence-electron chi connectivity index (χ4n) is 3.38. The minimum absolute atomic E-state index is 0.225. The standard InChI is InChI=1S/C23H30N2O5S/c1-18-11-13-25(14-12-18)31(27,28)22-9-5-20(6-10-22)23(26)24-17-19-3-7-21(8-4-19)30-16-15-29-2/h3-10,18H,11-17H2,1-2H3,(H,24,26). The Balaban J connectivity index is 1.54. The molecule has 1 fully saturated rings. The monoisotopic (exact) mass is 446 g/mol. The van der Waals surface area contributed by atoms with Crippen LogP contribution in [0.15, 0.2) is 53.4 Å². The maximum Gasteiger partial charge on any atom is 0.251 e. The van der Waals surface area contributed by atoms with Gasteiger partial charge in [-0.1, -0.05) is 19.1 Å². The highest BCUT2D eigenvalue weighted by molar-refractivity contribution is 7.89. The van der Waals surface area contributed by atoms with E-state index < -0.39 is 10.0 Å². The molecule has 0 spiro atoms. The van der Waals surface area contributed by atoms with Gasteiger partial charge in [-0.3, -0.25) is 4.79 Å². The van der Waals surface area contributed by atoms with Crippen LogP contribution in [0.1, 0.15) is 35.7 Å². The largest absolute Gasteiger partial charge is 0.491 e. The lowest BCUT2D eigenvalue weighted by atomic mass is 10.0. The molecule has 0 unspecified atom stereocenters. The summed E-state index contributed by atoms with van der Waals surface area (Å²) in [7, 11) is -1.89. The van der Waals surface area contributed by atoms with Crippen LogP contribution in [-0.2, 0) is 21.3 Å². The Morgan fingerprint density at radius 3 is 2.29 bits per heavy atom. The second-order valence-electron chi connectivity index (χ2n) is 7.78. The van der Waals surface area contributed by atoms with E-state index in [0.717, 1.165) is 24.2 Å². The Morgan fingerprint density at radius 1 is 1.03 bits per heavy atom. The number of benzene rings is 2. The molecule has 7 nitrogen and oxygen atoms in total. The Labute approximate surface area is 184 Å². The Bertz CT molecular complexity index is 950. The molecule has 8 heteroatoms. The van der Waals surface area contributed by atoms with Gasteiger partial charge in [0, 0.05) is 32.3 Å². The van der Waals surface area contributed by atoms with E-state index in [9.17, 15) is 13.2 Å². The molecule has 1 aliphatic heterocycles. The van der Waals surface area contributed by atoms with Gasteiger partial charge in [-0.05, 0) is 60.7 Å². The Kier molecular flexibility index (Phi) is 8.06. The van der Waals surface area contributed by atoms with Crippen molar-refractivity contribution in [3.05, 3.63) is 59.7 Å². The van der Waals surface area contributed by atoms with Crippen LogP contribution in [0.25, 0.3) is 0 Å². The third-order valence-corrected chi connectivity index (χ3v) is 7.34. The number of hydrogen-bond acceptors (Lipinski definition) is 5. The highest BCUT2D eigenvalue weighted by Crippen LogP contribution is 2.23. The normalized spacial score (nSPS) is 15.5. The van der Waals surface area contributed by atoms with Gasteiger partial charge in [0.1, 0.15) is 12.4 Å². The van der Waals surface area contributed by atoms with Crippen molar-refractivity contribution in [2.75, 3.05) is 33.4 Å². The van der Waals surface area contributed by atoms with E-state index >= 15 is 0 Å². The van der Waals surface area contributed by atoms with Gasteiger partial charge >= 0.3 is 0 Å². The highest BCUT2D eigenvalue weighted by Gasteiger charge is 2.28. The van der Waals surface area contributed by atoms with Crippen LogP contribution < -0.4 is 10.1 Å². The molecule has 1 amide bonds. The molecule has 168 valence electrons. The number of ether oxygens (including phenoxy) is 2. The maximum atomic E-state index is 12.8. The molecule has 0 atom stereocenters. The molecule has 0 radical (unpaired) electrons. The SMILES string of the molecule is COCCOc1ccc(CNC(=O)c2ccc(S(=O)(=O)N3CCC(C)CC3)cc2)cc1. The molecule has 3 rings (SSSR count). The van der Waals surface area contributed by atoms with Crippen molar-refractivity contribution in [1.29, 1.82) is 0 Å². The number of amides is 1. The van der Waals surface area contributed by atoms with Gasteiger partial charge < -0.3 is 14.8 Å². The Morgan fingerprint density at radius 2 is 1.68 bits per heavy atom. The van der Waals surface area contributed by atoms with Crippen molar-refractivity contribution < 1.29 is 22.7 Å². The molecule has 2 aromatic carbocycles. The lowest BCUT2D eigenvalue weighted by Crippen LogP contribution is -2.37. The molecular formula is C23H30N2O5S. The number of nitrogens with one attached hydrogen (secondary N) is 1. The van der Waals surface area contributed by atoms with Crippen LogP contribution >= 0.6 is 0 Å². The summed E-state index contributed by atoms with van der Waals surface area (Å²) in [5, 5.41) is 2.85.